The zero-order valence-corrected chi connectivity index (χ0v) is 9.01. The molecule has 2 aromatic heterocycles. The number of hydrogen-bond donors (Lipinski definition) is 0. The standard InChI is InChI=1S/C9H13N5O/c1-4-14(15-3)9-7-8(10-5-11-9)13(2)6-12-7/h5-6H,4H2,1-3H3. The van der Waals surface area contributed by atoms with Gasteiger partial charge >= 0.3 is 0 Å². The summed E-state index contributed by atoms with van der Waals surface area (Å²) in [5, 5.41) is 1.68. The van der Waals surface area contributed by atoms with Gasteiger partial charge in [0, 0.05) is 13.6 Å². The van der Waals surface area contributed by atoms with Crippen LogP contribution in [0, 0.1) is 0 Å². The molecule has 0 N–H and O–H groups in total. The monoisotopic (exact) mass is 207 g/mol. The number of rotatable bonds is 3. The summed E-state index contributed by atoms with van der Waals surface area (Å²) >= 11 is 0. The van der Waals surface area contributed by atoms with Crippen LogP contribution in [0.5, 0.6) is 0 Å². The first-order chi connectivity index (χ1) is 7.27. The molecule has 0 amide bonds. The fourth-order valence-electron chi connectivity index (χ4n) is 1.48. The average molecular weight is 207 g/mol. The van der Waals surface area contributed by atoms with Gasteiger partial charge in [-0.1, -0.05) is 0 Å². The van der Waals surface area contributed by atoms with E-state index in [0.29, 0.717) is 12.4 Å². The van der Waals surface area contributed by atoms with Crippen molar-refractivity contribution in [3.8, 4) is 0 Å². The molecule has 2 heterocycles. The summed E-state index contributed by atoms with van der Waals surface area (Å²) in [6.07, 6.45) is 3.23. The van der Waals surface area contributed by atoms with Gasteiger partial charge in [-0.25, -0.2) is 20.0 Å². The zero-order valence-electron chi connectivity index (χ0n) is 9.01. The maximum atomic E-state index is 5.20. The van der Waals surface area contributed by atoms with Crippen LogP contribution in [0.2, 0.25) is 0 Å². The van der Waals surface area contributed by atoms with Crippen LogP contribution in [0.4, 0.5) is 5.82 Å². The van der Waals surface area contributed by atoms with Crippen molar-refractivity contribution in [2.24, 2.45) is 7.05 Å². The summed E-state index contributed by atoms with van der Waals surface area (Å²) in [6.45, 7) is 2.69. The lowest BCUT2D eigenvalue weighted by Gasteiger charge is -2.17. The molecule has 0 aliphatic heterocycles. The van der Waals surface area contributed by atoms with Crippen molar-refractivity contribution in [1.82, 2.24) is 19.5 Å². The molecule has 0 atom stereocenters. The molecule has 80 valence electrons. The highest BCUT2D eigenvalue weighted by molar-refractivity contribution is 5.82. The number of hydroxylamine groups is 1. The second-order valence-corrected chi connectivity index (χ2v) is 3.10. The first-order valence-electron chi connectivity index (χ1n) is 4.71. The quantitative estimate of drug-likeness (QED) is 0.695. The molecule has 2 aromatic rings. The summed E-state index contributed by atoms with van der Waals surface area (Å²) in [6, 6.07) is 0. The fourth-order valence-corrected chi connectivity index (χ4v) is 1.48. The van der Waals surface area contributed by atoms with Crippen molar-refractivity contribution >= 4 is 17.0 Å². The van der Waals surface area contributed by atoms with Crippen LogP contribution < -0.4 is 5.06 Å². The van der Waals surface area contributed by atoms with Gasteiger partial charge in [-0.15, -0.1) is 0 Å². The molecular weight excluding hydrogens is 194 g/mol. The number of imidazole rings is 1. The van der Waals surface area contributed by atoms with Gasteiger partial charge in [-0.05, 0) is 6.92 Å². The summed E-state index contributed by atoms with van der Waals surface area (Å²) in [7, 11) is 3.51. The lowest BCUT2D eigenvalue weighted by atomic mass is 10.5. The number of aryl methyl sites for hydroxylation is 1. The number of aromatic nitrogens is 4. The molecule has 0 saturated heterocycles. The first-order valence-corrected chi connectivity index (χ1v) is 4.71. The minimum absolute atomic E-state index is 0.700. The molecule has 0 unspecified atom stereocenters. The number of anilines is 1. The smallest absolute Gasteiger partial charge is 0.184 e. The molecule has 0 saturated carbocycles. The molecule has 0 fully saturated rings. The third-order valence-electron chi connectivity index (χ3n) is 2.22. The van der Waals surface area contributed by atoms with Gasteiger partial charge in [0.05, 0.1) is 13.4 Å². The normalized spacial score (nSPS) is 10.9. The Hall–Kier alpha value is -1.69. The second kappa shape index (κ2) is 3.82. The molecule has 6 nitrogen and oxygen atoms in total. The van der Waals surface area contributed by atoms with Gasteiger partial charge in [0.2, 0.25) is 0 Å². The van der Waals surface area contributed by atoms with E-state index in [2.05, 4.69) is 15.0 Å². The summed E-state index contributed by atoms with van der Waals surface area (Å²) in [5.74, 6) is 0.700. The molecular formula is C9H13N5O. The average Bonchev–Trinajstić information content (AvgIpc) is 2.64. The minimum atomic E-state index is 0.700. The fraction of sp³-hybridized carbons (Fsp3) is 0.444. The van der Waals surface area contributed by atoms with E-state index < -0.39 is 0 Å². The predicted molar refractivity (Wildman–Crippen MR) is 56.3 cm³/mol. The lowest BCUT2D eigenvalue weighted by molar-refractivity contribution is 0.169. The lowest BCUT2D eigenvalue weighted by Crippen LogP contribution is -2.22. The van der Waals surface area contributed by atoms with E-state index in [9.17, 15) is 0 Å². The summed E-state index contributed by atoms with van der Waals surface area (Å²) in [4.78, 5) is 17.8. The third kappa shape index (κ3) is 1.52. The van der Waals surface area contributed by atoms with Crippen LogP contribution in [0.3, 0.4) is 0 Å². The van der Waals surface area contributed by atoms with Crippen molar-refractivity contribution in [1.29, 1.82) is 0 Å². The number of fused-ring (bicyclic) bond motifs is 1. The predicted octanol–water partition coefficient (Wildman–Crippen LogP) is 0.751. The number of nitrogens with zero attached hydrogens (tertiary/aromatic N) is 5. The molecule has 0 aliphatic carbocycles. The van der Waals surface area contributed by atoms with E-state index in [1.54, 1.807) is 18.5 Å². The van der Waals surface area contributed by atoms with Crippen molar-refractivity contribution in [3.05, 3.63) is 12.7 Å². The Morgan fingerprint density at radius 3 is 2.87 bits per heavy atom. The van der Waals surface area contributed by atoms with Crippen LogP contribution in [-0.4, -0.2) is 33.2 Å². The highest BCUT2D eigenvalue weighted by atomic mass is 16.7. The number of hydrogen-bond acceptors (Lipinski definition) is 5. The van der Waals surface area contributed by atoms with E-state index in [-0.39, 0.29) is 0 Å². The summed E-state index contributed by atoms with van der Waals surface area (Å²) < 4.78 is 1.85. The molecule has 0 bridgehead atoms. The Morgan fingerprint density at radius 1 is 1.40 bits per heavy atom. The Labute approximate surface area is 87.5 Å². The van der Waals surface area contributed by atoms with Gasteiger partial charge < -0.3 is 4.57 Å². The Kier molecular flexibility index (Phi) is 2.51. The molecule has 15 heavy (non-hydrogen) atoms. The van der Waals surface area contributed by atoms with Crippen LogP contribution in [0.1, 0.15) is 6.92 Å². The molecule has 0 aromatic carbocycles. The SMILES string of the molecule is CCN(OC)c1ncnc2c1ncn2C. The van der Waals surface area contributed by atoms with Gasteiger partial charge in [0.25, 0.3) is 0 Å². The van der Waals surface area contributed by atoms with Crippen LogP contribution >= 0.6 is 0 Å². The second-order valence-electron chi connectivity index (χ2n) is 3.10. The Balaban J connectivity index is 2.60. The Morgan fingerprint density at radius 2 is 2.20 bits per heavy atom. The molecule has 0 aliphatic rings. The van der Waals surface area contributed by atoms with E-state index in [1.165, 1.54) is 6.33 Å². The molecule has 6 heteroatoms. The van der Waals surface area contributed by atoms with Crippen molar-refractivity contribution < 1.29 is 4.84 Å². The van der Waals surface area contributed by atoms with E-state index in [1.807, 2.05) is 18.5 Å². The van der Waals surface area contributed by atoms with Crippen LogP contribution in [0.15, 0.2) is 12.7 Å². The van der Waals surface area contributed by atoms with Crippen molar-refractivity contribution in [3.63, 3.8) is 0 Å². The largest absolute Gasteiger partial charge is 0.318 e. The van der Waals surface area contributed by atoms with Gasteiger partial charge in [0.15, 0.2) is 17.0 Å². The van der Waals surface area contributed by atoms with E-state index in [0.717, 1.165) is 11.2 Å². The maximum absolute atomic E-state index is 5.20. The topological polar surface area (TPSA) is 56.1 Å². The minimum Gasteiger partial charge on any atom is -0.318 e. The van der Waals surface area contributed by atoms with E-state index >= 15 is 0 Å². The van der Waals surface area contributed by atoms with Gasteiger partial charge in [-0.3, -0.25) is 4.84 Å². The van der Waals surface area contributed by atoms with E-state index in [4.69, 9.17) is 4.84 Å². The zero-order chi connectivity index (χ0) is 10.8. The van der Waals surface area contributed by atoms with Gasteiger partial charge in [-0.2, -0.15) is 0 Å². The molecule has 2 rings (SSSR count). The van der Waals surface area contributed by atoms with Gasteiger partial charge in [0.1, 0.15) is 6.33 Å². The first kappa shape index (κ1) is 9.85. The van der Waals surface area contributed by atoms with Crippen LogP contribution in [-0.2, 0) is 11.9 Å². The van der Waals surface area contributed by atoms with Crippen LogP contribution in [0.25, 0.3) is 11.2 Å². The third-order valence-corrected chi connectivity index (χ3v) is 2.22. The molecule has 0 spiro atoms. The maximum Gasteiger partial charge on any atom is 0.184 e. The Bertz CT molecular complexity index is 462. The molecule has 0 radical (unpaired) electrons. The van der Waals surface area contributed by atoms with Crippen molar-refractivity contribution in [2.45, 2.75) is 6.92 Å². The highest BCUT2D eigenvalue weighted by Gasteiger charge is 2.13. The van der Waals surface area contributed by atoms with Crippen molar-refractivity contribution in [2.75, 3.05) is 18.7 Å². The summed E-state index contributed by atoms with van der Waals surface area (Å²) in [5.41, 5.74) is 1.55. The highest BCUT2D eigenvalue weighted by Crippen LogP contribution is 2.20.